The maximum atomic E-state index is 12.8. The molecule has 50 heavy (non-hydrogen) atoms. The van der Waals surface area contributed by atoms with E-state index in [9.17, 15) is 28.8 Å². The molecule has 0 radical (unpaired) electrons. The fourth-order valence-corrected chi connectivity index (χ4v) is 9.72. The standard InChI is InChI=1S/C38H38N6O6/c45-23-39-31-11-7-29(8-12-31)38(30-9-13-32(14-10-30)40-24-46,37(44-28-50)21-15-33(16-22-37)41-25-47)34(35(42-26-48)17-3-1-4-18-35)36(43-27-49)19-5-2-6-20-36/h7-14,33-34H,1-6,15-22H2. The number of aliphatic imine (C=N–C) groups is 6. The number of hydrogen-bond acceptors (Lipinski definition) is 12. The Morgan fingerprint density at radius 1 is 0.520 bits per heavy atom. The van der Waals surface area contributed by atoms with Crippen molar-refractivity contribution in [1.29, 1.82) is 0 Å². The van der Waals surface area contributed by atoms with Crippen LogP contribution in [0.3, 0.4) is 0 Å². The van der Waals surface area contributed by atoms with E-state index in [1.807, 2.05) is 42.5 Å². The lowest BCUT2D eigenvalue weighted by Gasteiger charge is -2.63. The summed E-state index contributed by atoms with van der Waals surface area (Å²) >= 11 is 0. The second kappa shape index (κ2) is 16.0. The van der Waals surface area contributed by atoms with E-state index in [1.54, 1.807) is 42.5 Å². The van der Waals surface area contributed by atoms with Crippen molar-refractivity contribution < 1.29 is 28.8 Å². The van der Waals surface area contributed by atoms with E-state index in [0.29, 0.717) is 61.0 Å². The van der Waals surface area contributed by atoms with Crippen molar-refractivity contribution in [2.75, 3.05) is 0 Å². The van der Waals surface area contributed by atoms with Crippen LogP contribution < -0.4 is 0 Å². The molecule has 0 atom stereocenters. The first-order valence-electron chi connectivity index (χ1n) is 17.1. The minimum absolute atomic E-state index is 0.263. The van der Waals surface area contributed by atoms with Crippen LogP contribution in [-0.2, 0) is 34.2 Å². The Labute approximate surface area is 289 Å². The highest BCUT2D eigenvalue weighted by Gasteiger charge is 2.69. The highest BCUT2D eigenvalue weighted by molar-refractivity contribution is 5.58. The largest absolute Gasteiger partial charge is 0.240 e. The molecule has 0 N–H and O–H groups in total. The summed E-state index contributed by atoms with van der Waals surface area (Å²) in [7, 11) is 0. The number of nitrogens with zero attached hydrogens (tertiary/aromatic N) is 6. The van der Waals surface area contributed by atoms with Crippen LogP contribution in [0.2, 0.25) is 0 Å². The van der Waals surface area contributed by atoms with Gasteiger partial charge in [0.25, 0.3) is 0 Å². The number of carbonyl (C=O) groups excluding carboxylic acids is 6. The van der Waals surface area contributed by atoms with E-state index in [-0.39, 0.29) is 18.9 Å². The minimum atomic E-state index is -1.37. The third-order valence-electron chi connectivity index (χ3n) is 11.5. The fraction of sp³-hybridized carbons (Fsp3) is 0.526. The fourth-order valence-electron chi connectivity index (χ4n) is 9.72. The lowest BCUT2D eigenvalue weighted by molar-refractivity contribution is -0.00804. The van der Waals surface area contributed by atoms with Gasteiger partial charge < -0.3 is 0 Å². The maximum absolute atomic E-state index is 12.8. The molecule has 0 aliphatic heterocycles. The lowest BCUT2D eigenvalue weighted by atomic mass is 9.42. The third-order valence-corrected chi connectivity index (χ3v) is 11.5. The SMILES string of the molecule is O=C=Nc1ccc(C(c2ccc(N=C=O)cc2)(C(C2(N=C=O)CCCCC2)C2(N=C=O)CCCCC2)C2(N=C=O)CCC(N=C=O)CC2)cc1. The summed E-state index contributed by atoms with van der Waals surface area (Å²) in [6.07, 6.45) is 18.6. The van der Waals surface area contributed by atoms with Gasteiger partial charge in [0.2, 0.25) is 36.5 Å². The highest BCUT2D eigenvalue weighted by Crippen LogP contribution is 2.65. The Hall–Kier alpha value is -5.28. The van der Waals surface area contributed by atoms with E-state index >= 15 is 0 Å². The van der Waals surface area contributed by atoms with Gasteiger partial charge in [-0.1, -0.05) is 62.8 Å². The molecule has 0 bridgehead atoms. The summed E-state index contributed by atoms with van der Waals surface area (Å²) in [6.45, 7) is 0. The van der Waals surface area contributed by atoms with Crippen molar-refractivity contribution in [3.05, 3.63) is 59.7 Å². The molecule has 0 spiro atoms. The third kappa shape index (κ3) is 6.53. The summed E-state index contributed by atoms with van der Waals surface area (Å²) in [5.41, 5.74) is -2.88. The van der Waals surface area contributed by atoms with E-state index in [4.69, 9.17) is 15.0 Å². The number of hydrogen-bond donors (Lipinski definition) is 0. The second-order valence-electron chi connectivity index (χ2n) is 13.7. The summed E-state index contributed by atoms with van der Waals surface area (Å²) in [6, 6.07) is 13.6. The zero-order chi connectivity index (χ0) is 35.5. The van der Waals surface area contributed by atoms with Crippen LogP contribution in [0.4, 0.5) is 11.4 Å². The minimum Gasteiger partial charge on any atom is -0.211 e. The van der Waals surface area contributed by atoms with Crippen LogP contribution in [0, 0.1) is 5.92 Å². The number of rotatable bonds is 12. The lowest BCUT2D eigenvalue weighted by Crippen LogP contribution is -2.69. The molecule has 12 heteroatoms. The summed E-state index contributed by atoms with van der Waals surface area (Å²) in [5, 5.41) is 0. The molecule has 0 amide bonds. The van der Waals surface area contributed by atoms with Crippen molar-refractivity contribution in [3.8, 4) is 0 Å². The predicted molar refractivity (Wildman–Crippen MR) is 182 cm³/mol. The van der Waals surface area contributed by atoms with Crippen LogP contribution >= 0.6 is 0 Å². The summed E-state index contributed by atoms with van der Waals surface area (Å²) in [5.74, 6) is -0.768. The quantitative estimate of drug-likeness (QED) is 0.174. The molecule has 3 fully saturated rings. The number of isocyanates is 6. The Morgan fingerprint density at radius 3 is 1.30 bits per heavy atom. The molecule has 2 aromatic carbocycles. The summed E-state index contributed by atoms with van der Waals surface area (Å²) in [4.78, 5) is 97.8. The maximum Gasteiger partial charge on any atom is 0.240 e. The second-order valence-corrected chi connectivity index (χ2v) is 13.7. The molecule has 3 saturated carbocycles. The Kier molecular flexibility index (Phi) is 11.5. The molecule has 0 unspecified atom stereocenters. The molecule has 3 aliphatic rings. The Balaban J connectivity index is 2.04. The van der Waals surface area contributed by atoms with E-state index < -0.39 is 27.9 Å². The Bertz CT molecular complexity index is 1710. The average molecular weight is 675 g/mol. The zero-order valence-electron chi connectivity index (χ0n) is 27.8. The normalized spacial score (nSPS) is 24.0. The van der Waals surface area contributed by atoms with Crippen molar-refractivity contribution in [3.63, 3.8) is 0 Å². The van der Waals surface area contributed by atoms with Crippen LogP contribution in [0.1, 0.15) is 101 Å². The van der Waals surface area contributed by atoms with Gasteiger partial charge in [-0.2, -0.15) is 25.0 Å². The van der Waals surface area contributed by atoms with Crippen molar-refractivity contribution in [2.24, 2.45) is 35.9 Å². The first-order chi connectivity index (χ1) is 24.4. The van der Waals surface area contributed by atoms with Crippen LogP contribution in [-0.4, -0.2) is 59.1 Å². The molecular formula is C38H38N6O6. The van der Waals surface area contributed by atoms with Gasteiger partial charge in [-0.3, -0.25) is 0 Å². The van der Waals surface area contributed by atoms with E-state index in [0.717, 1.165) is 38.5 Å². The van der Waals surface area contributed by atoms with Gasteiger partial charge in [-0.05, 0) is 86.8 Å². The van der Waals surface area contributed by atoms with E-state index in [1.165, 1.54) is 0 Å². The van der Waals surface area contributed by atoms with Gasteiger partial charge >= 0.3 is 0 Å². The van der Waals surface area contributed by atoms with Crippen LogP contribution in [0.25, 0.3) is 0 Å². The average Bonchev–Trinajstić information content (AvgIpc) is 3.14. The molecular weight excluding hydrogens is 636 g/mol. The molecule has 0 aromatic heterocycles. The molecule has 256 valence electrons. The summed E-state index contributed by atoms with van der Waals surface area (Å²) < 4.78 is 0. The molecule has 2 aromatic rings. The topological polar surface area (TPSA) is 177 Å². The smallest absolute Gasteiger partial charge is 0.211 e. The van der Waals surface area contributed by atoms with Crippen molar-refractivity contribution in [2.45, 2.75) is 118 Å². The zero-order valence-corrected chi connectivity index (χ0v) is 27.8. The van der Waals surface area contributed by atoms with Gasteiger partial charge in [0.05, 0.1) is 39.4 Å². The van der Waals surface area contributed by atoms with Crippen LogP contribution in [0.15, 0.2) is 78.5 Å². The Morgan fingerprint density at radius 2 is 0.940 bits per heavy atom. The first-order valence-corrected chi connectivity index (χ1v) is 17.1. The molecule has 0 heterocycles. The van der Waals surface area contributed by atoms with Crippen molar-refractivity contribution in [1.82, 2.24) is 0 Å². The van der Waals surface area contributed by atoms with Gasteiger partial charge in [0, 0.05) is 5.92 Å². The van der Waals surface area contributed by atoms with E-state index in [2.05, 4.69) is 15.0 Å². The predicted octanol–water partition coefficient (Wildman–Crippen LogP) is 6.95. The number of benzene rings is 2. The molecule has 3 aliphatic carbocycles. The van der Waals surface area contributed by atoms with Crippen LogP contribution in [0.5, 0.6) is 0 Å². The molecule has 12 nitrogen and oxygen atoms in total. The monoisotopic (exact) mass is 674 g/mol. The highest BCUT2D eigenvalue weighted by atomic mass is 16.1. The first kappa shape index (κ1) is 36.0. The van der Waals surface area contributed by atoms with Crippen molar-refractivity contribution >= 4 is 47.9 Å². The molecule has 5 rings (SSSR count). The molecule has 0 saturated heterocycles. The van der Waals surface area contributed by atoms with Gasteiger partial charge in [0.15, 0.2) is 0 Å². The van der Waals surface area contributed by atoms with Gasteiger partial charge in [0.1, 0.15) is 0 Å². The van der Waals surface area contributed by atoms with Gasteiger partial charge in [-0.25, -0.2) is 33.8 Å². The van der Waals surface area contributed by atoms with Gasteiger partial charge in [-0.15, -0.1) is 0 Å².